The molecule has 4 heterocycles. The molecule has 1 aliphatic rings. The van der Waals surface area contributed by atoms with Gasteiger partial charge in [0, 0.05) is 43.7 Å². The molecule has 4 aromatic rings. The van der Waals surface area contributed by atoms with Gasteiger partial charge in [0.2, 0.25) is 0 Å². The van der Waals surface area contributed by atoms with Crippen molar-refractivity contribution in [3.8, 4) is 11.1 Å². The fourth-order valence-electron chi connectivity index (χ4n) is 4.49. The molecule has 2 N–H and O–H groups in total. The summed E-state index contributed by atoms with van der Waals surface area (Å²) in [5.41, 5.74) is 1.75. The van der Waals surface area contributed by atoms with E-state index in [2.05, 4.69) is 14.8 Å². The van der Waals surface area contributed by atoms with Gasteiger partial charge in [-0.15, -0.1) is 11.3 Å². The van der Waals surface area contributed by atoms with Gasteiger partial charge in [-0.3, -0.25) is 14.6 Å². The number of ether oxygens (including phenoxy) is 2. The monoisotopic (exact) mass is 524 g/mol. The Morgan fingerprint density at radius 1 is 1.19 bits per heavy atom. The highest BCUT2D eigenvalue weighted by molar-refractivity contribution is 7.17. The number of nitrogens with zero attached hydrogens (tertiary/aromatic N) is 3. The smallest absolute Gasteiger partial charge is 0.260 e. The number of aromatic nitrogens is 2. The van der Waals surface area contributed by atoms with Crippen molar-refractivity contribution in [1.29, 1.82) is 0 Å². The van der Waals surface area contributed by atoms with Crippen LogP contribution in [-0.2, 0) is 22.6 Å². The minimum absolute atomic E-state index is 0.143. The van der Waals surface area contributed by atoms with E-state index in [-0.39, 0.29) is 12.2 Å². The molecule has 1 fully saturated rings. The second-order valence-electron chi connectivity index (χ2n) is 9.15. The van der Waals surface area contributed by atoms with Crippen LogP contribution in [0.2, 0.25) is 0 Å². The van der Waals surface area contributed by atoms with E-state index in [1.807, 2.05) is 47.8 Å². The maximum atomic E-state index is 13.1. The molecule has 3 aromatic heterocycles. The van der Waals surface area contributed by atoms with Gasteiger partial charge in [0.05, 0.1) is 44.1 Å². The number of thiophene rings is 1. The van der Waals surface area contributed by atoms with Gasteiger partial charge in [0.1, 0.15) is 23.0 Å². The minimum atomic E-state index is -0.693. The summed E-state index contributed by atoms with van der Waals surface area (Å²) in [5.74, 6) is 1.31. The molecule has 0 bridgehead atoms. The number of aromatic amines is 1. The molecule has 1 atom stereocenters. The fourth-order valence-corrected chi connectivity index (χ4v) is 5.46. The number of rotatable bonds is 12. The zero-order valence-electron chi connectivity index (χ0n) is 20.7. The van der Waals surface area contributed by atoms with Gasteiger partial charge in [0.15, 0.2) is 0 Å². The molecule has 0 amide bonds. The van der Waals surface area contributed by atoms with Crippen LogP contribution < -0.4 is 5.56 Å². The van der Waals surface area contributed by atoms with Crippen molar-refractivity contribution in [1.82, 2.24) is 19.8 Å². The second-order valence-corrected chi connectivity index (χ2v) is 10.0. The van der Waals surface area contributed by atoms with Gasteiger partial charge in [-0.05, 0) is 17.7 Å². The first-order valence-corrected chi connectivity index (χ1v) is 13.4. The maximum Gasteiger partial charge on any atom is 0.260 e. The Labute approximate surface area is 219 Å². The number of morpholine rings is 1. The topological polar surface area (TPSA) is 104 Å². The number of hydrogen-bond donors (Lipinski definition) is 2. The van der Waals surface area contributed by atoms with Crippen LogP contribution >= 0.6 is 11.3 Å². The van der Waals surface area contributed by atoms with E-state index in [0.717, 1.165) is 56.3 Å². The van der Waals surface area contributed by atoms with Crippen LogP contribution in [0.5, 0.6) is 0 Å². The van der Waals surface area contributed by atoms with Gasteiger partial charge in [-0.1, -0.05) is 30.3 Å². The summed E-state index contributed by atoms with van der Waals surface area (Å²) in [7, 11) is 0. The molecule has 10 heteroatoms. The summed E-state index contributed by atoms with van der Waals surface area (Å²) < 4.78 is 16.4. The SMILES string of the molecule is O=c1[nH]c(CN(CCN2CCOCC2)CC(O)COCc2ccco2)nc2scc(-c3ccccc3)c12. The van der Waals surface area contributed by atoms with E-state index < -0.39 is 6.10 Å². The molecule has 0 radical (unpaired) electrons. The molecule has 1 aromatic carbocycles. The molecule has 1 aliphatic heterocycles. The lowest BCUT2D eigenvalue weighted by molar-refractivity contribution is -0.00190. The van der Waals surface area contributed by atoms with Crippen LogP contribution in [0.1, 0.15) is 11.6 Å². The van der Waals surface area contributed by atoms with Crippen LogP contribution in [0.15, 0.2) is 63.3 Å². The number of furan rings is 1. The average molecular weight is 525 g/mol. The minimum Gasteiger partial charge on any atom is -0.467 e. The number of aliphatic hydroxyl groups is 1. The van der Waals surface area contributed by atoms with E-state index >= 15 is 0 Å². The van der Waals surface area contributed by atoms with Crippen molar-refractivity contribution in [3.05, 3.63) is 76.0 Å². The van der Waals surface area contributed by atoms with Crippen LogP contribution in [0.4, 0.5) is 0 Å². The van der Waals surface area contributed by atoms with Crippen molar-refractivity contribution < 1.29 is 19.0 Å². The lowest BCUT2D eigenvalue weighted by Gasteiger charge is -2.30. The van der Waals surface area contributed by atoms with Crippen molar-refractivity contribution in [2.75, 3.05) is 52.5 Å². The summed E-state index contributed by atoms with van der Waals surface area (Å²) in [4.78, 5) is 26.1. The first-order valence-electron chi connectivity index (χ1n) is 12.5. The van der Waals surface area contributed by atoms with Gasteiger partial charge in [-0.25, -0.2) is 4.98 Å². The van der Waals surface area contributed by atoms with Crippen LogP contribution in [0, 0.1) is 0 Å². The molecule has 37 heavy (non-hydrogen) atoms. The summed E-state index contributed by atoms with van der Waals surface area (Å²) >= 11 is 1.47. The van der Waals surface area contributed by atoms with Gasteiger partial charge >= 0.3 is 0 Å². The molecule has 196 valence electrons. The molecule has 5 rings (SSSR count). The van der Waals surface area contributed by atoms with E-state index in [1.54, 1.807) is 6.26 Å². The fraction of sp³-hybridized carbons (Fsp3) is 0.407. The third kappa shape index (κ3) is 6.92. The molecule has 1 unspecified atom stereocenters. The Bertz CT molecular complexity index is 1300. The Balaban J connectivity index is 1.28. The Morgan fingerprint density at radius 2 is 2.03 bits per heavy atom. The van der Waals surface area contributed by atoms with E-state index in [9.17, 15) is 9.90 Å². The van der Waals surface area contributed by atoms with Gasteiger partial charge in [0.25, 0.3) is 5.56 Å². The summed E-state index contributed by atoms with van der Waals surface area (Å²) in [6.07, 6.45) is 0.908. The van der Waals surface area contributed by atoms with Crippen molar-refractivity contribution in [2.45, 2.75) is 19.3 Å². The second kappa shape index (κ2) is 12.6. The Kier molecular flexibility index (Phi) is 8.77. The highest BCUT2D eigenvalue weighted by atomic mass is 32.1. The van der Waals surface area contributed by atoms with Gasteiger partial charge in [-0.2, -0.15) is 0 Å². The molecule has 0 spiro atoms. The summed E-state index contributed by atoms with van der Waals surface area (Å²) in [5, 5.41) is 13.3. The van der Waals surface area contributed by atoms with E-state index in [4.69, 9.17) is 18.9 Å². The lowest BCUT2D eigenvalue weighted by Crippen LogP contribution is -2.43. The highest BCUT2D eigenvalue weighted by Crippen LogP contribution is 2.30. The molecule has 1 saturated heterocycles. The normalized spacial score (nSPS) is 15.5. The molecule has 0 aliphatic carbocycles. The van der Waals surface area contributed by atoms with Crippen molar-refractivity contribution in [2.24, 2.45) is 0 Å². The van der Waals surface area contributed by atoms with E-state index in [1.165, 1.54) is 11.3 Å². The summed E-state index contributed by atoms with van der Waals surface area (Å²) in [6, 6.07) is 13.5. The Hall–Kier alpha value is -2.86. The zero-order valence-corrected chi connectivity index (χ0v) is 21.5. The maximum absolute atomic E-state index is 13.1. The number of benzene rings is 1. The average Bonchev–Trinajstić information content (AvgIpc) is 3.59. The first-order chi connectivity index (χ1) is 18.2. The summed E-state index contributed by atoms with van der Waals surface area (Å²) in [6.45, 7) is 6.11. The molecule has 0 saturated carbocycles. The van der Waals surface area contributed by atoms with Gasteiger partial charge < -0.3 is 24.0 Å². The molecular weight excluding hydrogens is 492 g/mol. The number of hydrogen-bond acceptors (Lipinski definition) is 9. The number of nitrogens with one attached hydrogen (secondary N) is 1. The third-order valence-electron chi connectivity index (χ3n) is 6.39. The molecular formula is C27H32N4O5S. The predicted molar refractivity (Wildman–Crippen MR) is 143 cm³/mol. The largest absolute Gasteiger partial charge is 0.467 e. The van der Waals surface area contributed by atoms with Crippen molar-refractivity contribution >= 4 is 21.6 Å². The number of fused-ring (bicyclic) bond motifs is 1. The molecule has 9 nitrogen and oxygen atoms in total. The number of aliphatic hydroxyl groups excluding tert-OH is 1. The van der Waals surface area contributed by atoms with Crippen LogP contribution in [-0.4, -0.2) is 83.5 Å². The quantitative estimate of drug-likeness (QED) is 0.292. The third-order valence-corrected chi connectivity index (χ3v) is 7.26. The van der Waals surface area contributed by atoms with Crippen LogP contribution in [0.3, 0.4) is 0 Å². The van der Waals surface area contributed by atoms with Crippen LogP contribution in [0.25, 0.3) is 21.3 Å². The highest BCUT2D eigenvalue weighted by Gasteiger charge is 2.19. The zero-order chi connectivity index (χ0) is 25.5. The predicted octanol–water partition coefficient (Wildman–Crippen LogP) is 2.96. The number of H-pyrrole nitrogens is 1. The van der Waals surface area contributed by atoms with E-state index in [0.29, 0.717) is 35.7 Å². The lowest BCUT2D eigenvalue weighted by atomic mass is 10.1. The Morgan fingerprint density at radius 3 is 2.81 bits per heavy atom. The van der Waals surface area contributed by atoms with Crippen molar-refractivity contribution in [3.63, 3.8) is 0 Å². The first kappa shape index (κ1) is 25.8. The standard InChI is InChI=1S/C27H32N4O5S/c32-21(17-35-18-22-7-4-12-36-22)15-31(9-8-30-10-13-34-14-11-30)16-24-28-26(33)25-23(19-37-27(25)29-24)20-5-2-1-3-6-20/h1-7,12,19,21,32H,8-11,13-18H2,(H,28,29,33).